The van der Waals surface area contributed by atoms with Gasteiger partial charge in [-0.1, -0.05) is 0 Å². The van der Waals surface area contributed by atoms with Crippen molar-refractivity contribution in [2.24, 2.45) is 0 Å². The van der Waals surface area contributed by atoms with Crippen LogP contribution in [0.4, 0.5) is 0 Å². The molecule has 1 saturated heterocycles. The molecular formula is C14H28N2O2. The van der Waals surface area contributed by atoms with Gasteiger partial charge in [-0.2, -0.15) is 0 Å². The molecule has 0 bridgehead atoms. The lowest BCUT2D eigenvalue weighted by Crippen LogP contribution is -2.61. The van der Waals surface area contributed by atoms with Crippen LogP contribution in [0.2, 0.25) is 0 Å². The van der Waals surface area contributed by atoms with E-state index in [1.807, 2.05) is 6.92 Å². The maximum atomic E-state index is 12.1. The van der Waals surface area contributed by atoms with Crippen LogP contribution in [0.15, 0.2) is 0 Å². The summed E-state index contributed by atoms with van der Waals surface area (Å²) in [6.07, 6.45) is 2.39. The zero-order chi connectivity index (χ0) is 14.0. The Hall–Kier alpha value is -0.610. The van der Waals surface area contributed by atoms with Crippen LogP contribution in [0, 0.1) is 0 Å². The molecule has 1 aliphatic heterocycles. The number of hydrogen-bond acceptors (Lipinski definition) is 4. The summed E-state index contributed by atoms with van der Waals surface area (Å²) in [6.45, 7) is 12.3. The van der Waals surface area contributed by atoms with Gasteiger partial charge in [-0.15, -0.1) is 0 Å². The third-order valence-corrected chi connectivity index (χ3v) is 3.82. The van der Waals surface area contributed by atoms with E-state index in [0.29, 0.717) is 6.54 Å². The number of hydrogen-bond donors (Lipinski definition) is 1. The quantitative estimate of drug-likeness (QED) is 0.762. The third-order valence-electron chi connectivity index (χ3n) is 3.82. The Morgan fingerprint density at radius 1 is 1.50 bits per heavy atom. The van der Waals surface area contributed by atoms with Crippen LogP contribution in [-0.4, -0.2) is 48.2 Å². The van der Waals surface area contributed by atoms with E-state index in [4.69, 9.17) is 4.74 Å². The fraction of sp³-hybridized carbons (Fsp3) is 0.929. The van der Waals surface area contributed by atoms with E-state index < -0.39 is 5.54 Å². The maximum Gasteiger partial charge on any atom is 0.327 e. The summed E-state index contributed by atoms with van der Waals surface area (Å²) in [5.41, 5.74) is -0.460. The highest BCUT2D eigenvalue weighted by molar-refractivity contribution is 5.80. The summed E-state index contributed by atoms with van der Waals surface area (Å²) < 4.78 is 4.97. The Morgan fingerprint density at radius 2 is 2.11 bits per heavy atom. The van der Waals surface area contributed by atoms with Crippen molar-refractivity contribution in [1.29, 1.82) is 0 Å². The average Bonchev–Trinajstić information content (AvgIpc) is 2.55. The lowest BCUT2D eigenvalue weighted by atomic mass is 9.96. The van der Waals surface area contributed by atoms with Gasteiger partial charge in [0.2, 0.25) is 0 Å². The standard InChI is InChI=1S/C14H28N2O2/c1-11(2)15-14(5,12(17)18-6)10-16-9-7-8-13(16,3)4/h11,15H,7-10H2,1-6H3. The number of rotatable bonds is 5. The minimum Gasteiger partial charge on any atom is -0.468 e. The molecule has 1 unspecified atom stereocenters. The molecule has 4 nitrogen and oxygen atoms in total. The summed E-state index contributed by atoms with van der Waals surface area (Å²) in [7, 11) is 1.46. The maximum absolute atomic E-state index is 12.1. The average molecular weight is 256 g/mol. The summed E-state index contributed by atoms with van der Waals surface area (Å²) in [5.74, 6) is -0.182. The van der Waals surface area contributed by atoms with Crippen molar-refractivity contribution < 1.29 is 9.53 Å². The fourth-order valence-electron chi connectivity index (χ4n) is 2.87. The van der Waals surface area contributed by atoms with Gasteiger partial charge in [0.25, 0.3) is 0 Å². The van der Waals surface area contributed by atoms with E-state index in [2.05, 4.69) is 37.9 Å². The van der Waals surface area contributed by atoms with Crippen molar-refractivity contribution in [1.82, 2.24) is 10.2 Å². The summed E-state index contributed by atoms with van der Waals surface area (Å²) in [4.78, 5) is 14.4. The number of nitrogens with one attached hydrogen (secondary N) is 1. The van der Waals surface area contributed by atoms with Crippen molar-refractivity contribution in [2.45, 2.75) is 64.6 Å². The molecule has 1 atom stereocenters. The van der Waals surface area contributed by atoms with Gasteiger partial charge in [0.15, 0.2) is 0 Å². The van der Waals surface area contributed by atoms with E-state index in [9.17, 15) is 4.79 Å². The van der Waals surface area contributed by atoms with Crippen molar-refractivity contribution in [3.05, 3.63) is 0 Å². The van der Waals surface area contributed by atoms with Gasteiger partial charge in [0.05, 0.1) is 7.11 Å². The van der Waals surface area contributed by atoms with Crippen LogP contribution in [0.1, 0.15) is 47.5 Å². The van der Waals surface area contributed by atoms with Gasteiger partial charge in [0.1, 0.15) is 5.54 Å². The van der Waals surface area contributed by atoms with Crippen LogP contribution in [0.3, 0.4) is 0 Å². The number of nitrogens with zero attached hydrogens (tertiary/aromatic N) is 1. The van der Waals surface area contributed by atoms with E-state index >= 15 is 0 Å². The predicted octanol–water partition coefficient (Wildman–Crippen LogP) is 1.79. The van der Waals surface area contributed by atoms with Gasteiger partial charge in [-0.05, 0) is 54.0 Å². The molecular weight excluding hydrogens is 228 g/mol. The molecule has 0 spiro atoms. The van der Waals surface area contributed by atoms with Crippen molar-refractivity contribution in [2.75, 3.05) is 20.2 Å². The molecule has 1 heterocycles. The second-order valence-corrected chi connectivity index (χ2v) is 6.46. The topological polar surface area (TPSA) is 41.6 Å². The second-order valence-electron chi connectivity index (χ2n) is 6.46. The molecule has 0 aromatic carbocycles. The number of carbonyl (C=O) groups is 1. The lowest BCUT2D eigenvalue weighted by molar-refractivity contribution is -0.149. The second kappa shape index (κ2) is 5.57. The normalized spacial score (nSPS) is 23.1. The van der Waals surface area contributed by atoms with Crippen molar-refractivity contribution >= 4 is 5.97 Å². The van der Waals surface area contributed by atoms with E-state index in [1.165, 1.54) is 20.0 Å². The SMILES string of the molecule is COC(=O)C(C)(CN1CCCC1(C)C)NC(C)C. The van der Waals surface area contributed by atoms with Crippen LogP contribution in [0.25, 0.3) is 0 Å². The van der Waals surface area contributed by atoms with E-state index in [0.717, 1.165) is 6.54 Å². The summed E-state index contributed by atoms with van der Waals surface area (Å²) in [5, 5.41) is 3.36. The molecule has 0 radical (unpaired) electrons. The van der Waals surface area contributed by atoms with Gasteiger partial charge >= 0.3 is 5.97 Å². The van der Waals surface area contributed by atoms with E-state index in [-0.39, 0.29) is 17.6 Å². The Labute approximate surface area is 111 Å². The molecule has 1 aliphatic rings. The lowest BCUT2D eigenvalue weighted by Gasteiger charge is -2.39. The number of ether oxygens (including phenoxy) is 1. The Bertz CT molecular complexity index is 302. The van der Waals surface area contributed by atoms with Crippen molar-refractivity contribution in [3.8, 4) is 0 Å². The van der Waals surface area contributed by atoms with Gasteiger partial charge < -0.3 is 4.74 Å². The first kappa shape index (κ1) is 15.4. The third kappa shape index (κ3) is 3.45. The molecule has 4 heteroatoms. The minimum absolute atomic E-state index is 0.175. The first-order valence-electron chi connectivity index (χ1n) is 6.82. The first-order valence-corrected chi connectivity index (χ1v) is 6.82. The molecule has 0 amide bonds. The minimum atomic E-state index is -0.634. The first-order chi connectivity index (χ1) is 8.21. The highest BCUT2D eigenvalue weighted by atomic mass is 16.5. The fourth-order valence-corrected chi connectivity index (χ4v) is 2.87. The molecule has 1 fully saturated rings. The van der Waals surface area contributed by atoms with Crippen LogP contribution < -0.4 is 5.32 Å². The number of carbonyl (C=O) groups excluding carboxylic acids is 1. The zero-order valence-electron chi connectivity index (χ0n) is 12.7. The predicted molar refractivity (Wildman–Crippen MR) is 73.6 cm³/mol. The highest BCUT2D eigenvalue weighted by Crippen LogP contribution is 2.29. The van der Waals surface area contributed by atoms with Gasteiger partial charge in [-0.25, -0.2) is 0 Å². The Balaban J connectivity index is 2.81. The van der Waals surface area contributed by atoms with Crippen LogP contribution in [-0.2, 0) is 9.53 Å². The Morgan fingerprint density at radius 3 is 2.50 bits per heavy atom. The molecule has 0 aliphatic carbocycles. The van der Waals surface area contributed by atoms with E-state index in [1.54, 1.807) is 0 Å². The number of methoxy groups -OCH3 is 1. The molecule has 1 rings (SSSR count). The zero-order valence-corrected chi connectivity index (χ0v) is 12.7. The van der Waals surface area contributed by atoms with Crippen LogP contribution in [0.5, 0.6) is 0 Å². The van der Waals surface area contributed by atoms with Crippen molar-refractivity contribution in [3.63, 3.8) is 0 Å². The van der Waals surface area contributed by atoms with Crippen LogP contribution >= 0.6 is 0 Å². The molecule has 18 heavy (non-hydrogen) atoms. The van der Waals surface area contributed by atoms with Gasteiger partial charge in [0, 0.05) is 18.1 Å². The summed E-state index contributed by atoms with van der Waals surface area (Å²) >= 11 is 0. The highest BCUT2D eigenvalue weighted by Gasteiger charge is 2.42. The molecule has 106 valence electrons. The van der Waals surface area contributed by atoms with Gasteiger partial charge in [-0.3, -0.25) is 15.0 Å². The number of likely N-dealkylation sites (tertiary alicyclic amines) is 1. The number of esters is 1. The smallest absolute Gasteiger partial charge is 0.327 e. The summed E-state index contributed by atoms with van der Waals surface area (Å²) in [6, 6.07) is 0.250. The molecule has 0 aromatic heterocycles. The molecule has 1 N–H and O–H groups in total. The monoisotopic (exact) mass is 256 g/mol. The largest absolute Gasteiger partial charge is 0.468 e. The molecule has 0 saturated carbocycles. The Kier molecular flexibility index (Phi) is 4.78. The molecule has 0 aromatic rings.